The number of hydrogen-bond donors (Lipinski definition) is 1. The molecule has 2 heterocycles. The Bertz CT molecular complexity index is 992. The lowest BCUT2D eigenvalue weighted by molar-refractivity contribution is -0.0293. The molecule has 1 aromatic heterocycles. The smallest absolute Gasteiger partial charge is 0.287 e. The molecular weight excluding hydrogens is 460 g/mol. The Hall–Kier alpha value is -2.61. The number of nitrogens with one attached hydrogen (secondary N) is 1. The van der Waals surface area contributed by atoms with Gasteiger partial charge in [0, 0.05) is 30.7 Å². The maximum Gasteiger partial charge on any atom is 0.287 e. The van der Waals surface area contributed by atoms with Crippen LogP contribution in [0.5, 0.6) is 5.75 Å². The summed E-state index contributed by atoms with van der Waals surface area (Å²) in [4.78, 5) is 14.8. The van der Waals surface area contributed by atoms with Crippen molar-refractivity contribution in [1.82, 2.24) is 10.2 Å². The first kappa shape index (κ1) is 21.6. The van der Waals surface area contributed by atoms with Crippen molar-refractivity contribution in [2.45, 2.75) is 19.3 Å². The second-order valence-corrected chi connectivity index (χ2v) is 8.35. The van der Waals surface area contributed by atoms with Crippen LogP contribution in [0, 0.1) is 0 Å². The van der Waals surface area contributed by atoms with E-state index >= 15 is 0 Å². The van der Waals surface area contributed by atoms with Gasteiger partial charge in [0.25, 0.3) is 5.91 Å². The fraction of sp³-hybridized carbons (Fsp3) is 0.292. The third-order valence-corrected chi connectivity index (χ3v) is 5.52. The first-order chi connectivity index (χ1) is 15.2. The molecule has 1 saturated heterocycles. The molecule has 1 atom stereocenters. The van der Waals surface area contributed by atoms with Gasteiger partial charge in [0.1, 0.15) is 18.1 Å². The highest BCUT2D eigenvalue weighted by Crippen LogP contribution is 2.19. The highest BCUT2D eigenvalue weighted by atomic mass is 79.9. The number of carbonyl (C=O) groups excluding carboxylic acids is 1. The highest BCUT2D eigenvalue weighted by molar-refractivity contribution is 9.10. The molecule has 3 aromatic rings. The minimum atomic E-state index is -0.252. The molecule has 6 nitrogen and oxygen atoms in total. The van der Waals surface area contributed by atoms with Crippen molar-refractivity contribution in [1.29, 1.82) is 0 Å². The van der Waals surface area contributed by atoms with E-state index in [9.17, 15) is 4.79 Å². The number of halogens is 1. The van der Waals surface area contributed by atoms with Crippen molar-refractivity contribution in [3.05, 3.63) is 88.3 Å². The van der Waals surface area contributed by atoms with E-state index in [1.165, 1.54) is 5.56 Å². The molecule has 1 aliphatic rings. The topological polar surface area (TPSA) is 63.9 Å². The quantitative estimate of drug-likeness (QED) is 0.517. The van der Waals surface area contributed by atoms with Crippen molar-refractivity contribution in [2.75, 3.05) is 26.2 Å². The Morgan fingerprint density at radius 1 is 1.13 bits per heavy atom. The summed E-state index contributed by atoms with van der Waals surface area (Å²) in [5.74, 6) is 1.33. The molecule has 0 aliphatic carbocycles. The Kier molecular flexibility index (Phi) is 7.40. The van der Waals surface area contributed by atoms with Crippen LogP contribution in [0.2, 0.25) is 0 Å². The monoisotopic (exact) mass is 484 g/mol. The molecule has 0 saturated carbocycles. The molecule has 162 valence electrons. The lowest BCUT2D eigenvalue weighted by Crippen LogP contribution is -2.47. The standard InChI is InChI=1S/C24H25BrN2O4/c25-19-7-4-8-20(13-19)30-17-21-9-10-23(31-21)24(28)26-14-22-16-27(11-12-29-22)15-18-5-2-1-3-6-18/h1-10,13,22H,11-12,14-17H2,(H,26,28). The van der Waals surface area contributed by atoms with Gasteiger partial charge in [-0.3, -0.25) is 9.69 Å². The zero-order valence-corrected chi connectivity index (χ0v) is 18.7. The number of rotatable bonds is 8. The van der Waals surface area contributed by atoms with Crippen LogP contribution in [-0.2, 0) is 17.9 Å². The molecule has 31 heavy (non-hydrogen) atoms. The summed E-state index contributed by atoms with van der Waals surface area (Å²) in [6.45, 7) is 3.90. The number of furan rings is 1. The van der Waals surface area contributed by atoms with Crippen LogP contribution in [0.4, 0.5) is 0 Å². The first-order valence-electron chi connectivity index (χ1n) is 10.3. The van der Waals surface area contributed by atoms with E-state index in [0.717, 1.165) is 29.9 Å². The van der Waals surface area contributed by atoms with Gasteiger partial charge in [-0.25, -0.2) is 0 Å². The summed E-state index contributed by atoms with van der Waals surface area (Å²) in [6, 6.07) is 21.4. The Morgan fingerprint density at radius 2 is 2.00 bits per heavy atom. The van der Waals surface area contributed by atoms with E-state index in [4.69, 9.17) is 13.9 Å². The summed E-state index contributed by atoms with van der Waals surface area (Å²) >= 11 is 3.41. The predicted octanol–water partition coefficient (Wildman–Crippen LogP) is 4.25. The molecular formula is C24H25BrN2O4. The van der Waals surface area contributed by atoms with Gasteiger partial charge in [-0.1, -0.05) is 52.3 Å². The molecule has 1 aliphatic heterocycles. The largest absolute Gasteiger partial charge is 0.486 e. The second-order valence-electron chi connectivity index (χ2n) is 7.44. The third kappa shape index (κ3) is 6.43. The van der Waals surface area contributed by atoms with Gasteiger partial charge in [-0.15, -0.1) is 0 Å². The minimum Gasteiger partial charge on any atom is -0.486 e. The van der Waals surface area contributed by atoms with Crippen LogP contribution in [0.1, 0.15) is 21.9 Å². The van der Waals surface area contributed by atoms with Crippen LogP contribution < -0.4 is 10.1 Å². The number of amides is 1. The highest BCUT2D eigenvalue weighted by Gasteiger charge is 2.22. The SMILES string of the molecule is O=C(NCC1CN(Cc2ccccc2)CCO1)c1ccc(COc2cccc(Br)c2)o1. The Balaban J connectivity index is 1.23. The maximum absolute atomic E-state index is 12.5. The molecule has 1 unspecified atom stereocenters. The van der Waals surface area contributed by atoms with Crippen molar-refractivity contribution >= 4 is 21.8 Å². The van der Waals surface area contributed by atoms with Gasteiger partial charge in [0.15, 0.2) is 5.76 Å². The van der Waals surface area contributed by atoms with Gasteiger partial charge in [-0.2, -0.15) is 0 Å². The van der Waals surface area contributed by atoms with Crippen LogP contribution in [0.15, 0.2) is 75.6 Å². The van der Waals surface area contributed by atoms with Crippen LogP contribution in [0.3, 0.4) is 0 Å². The number of carbonyl (C=O) groups is 1. The molecule has 1 fully saturated rings. The zero-order chi connectivity index (χ0) is 21.5. The molecule has 0 radical (unpaired) electrons. The van der Waals surface area contributed by atoms with E-state index < -0.39 is 0 Å². The van der Waals surface area contributed by atoms with E-state index in [1.807, 2.05) is 30.3 Å². The summed E-state index contributed by atoms with van der Waals surface area (Å²) in [5, 5.41) is 2.92. The molecule has 1 N–H and O–H groups in total. The lowest BCUT2D eigenvalue weighted by Gasteiger charge is -2.33. The van der Waals surface area contributed by atoms with Crippen LogP contribution in [-0.4, -0.2) is 43.2 Å². The van der Waals surface area contributed by atoms with Crippen molar-refractivity contribution in [3.63, 3.8) is 0 Å². The van der Waals surface area contributed by atoms with Gasteiger partial charge >= 0.3 is 0 Å². The van der Waals surface area contributed by atoms with Crippen molar-refractivity contribution in [3.8, 4) is 5.75 Å². The summed E-state index contributed by atoms with van der Waals surface area (Å²) in [6.07, 6.45) is -0.0456. The Labute approximate surface area is 190 Å². The van der Waals surface area contributed by atoms with Crippen molar-refractivity contribution < 1.29 is 18.7 Å². The molecule has 4 rings (SSSR count). The minimum absolute atomic E-state index is 0.0456. The number of benzene rings is 2. The van der Waals surface area contributed by atoms with E-state index in [1.54, 1.807) is 12.1 Å². The number of ether oxygens (including phenoxy) is 2. The average molecular weight is 485 g/mol. The molecule has 0 bridgehead atoms. The number of morpholine rings is 1. The Morgan fingerprint density at radius 3 is 2.84 bits per heavy atom. The zero-order valence-electron chi connectivity index (χ0n) is 17.1. The summed E-state index contributed by atoms with van der Waals surface area (Å²) < 4.78 is 18.1. The van der Waals surface area contributed by atoms with E-state index in [0.29, 0.717) is 18.9 Å². The molecule has 1 amide bonds. The maximum atomic E-state index is 12.5. The number of nitrogens with zero attached hydrogens (tertiary/aromatic N) is 1. The number of hydrogen-bond acceptors (Lipinski definition) is 5. The van der Waals surface area contributed by atoms with Crippen LogP contribution >= 0.6 is 15.9 Å². The molecule has 2 aromatic carbocycles. The summed E-state index contributed by atoms with van der Waals surface area (Å²) in [5.41, 5.74) is 1.28. The third-order valence-electron chi connectivity index (χ3n) is 5.02. The fourth-order valence-corrected chi connectivity index (χ4v) is 3.85. The normalized spacial score (nSPS) is 16.7. The molecule has 0 spiro atoms. The summed E-state index contributed by atoms with van der Waals surface area (Å²) in [7, 11) is 0. The van der Waals surface area contributed by atoms with E-state index in [-0.39, 0.29) is 24.4 Å². The van der Waals surface area contributed by atoms with Crippen molar-refractivity contribution in [2.24, 2.45) is 0 Å². The van der Waals surface area contributed by atoms with E-state index in [2.05, 4.69) is 50.4 Å². The van der Waals surface area contributed by atoms with Crippen LogP contribution in [0.25, 0.3) is 0 Å². The predicted molar refractivity (Wildman–Crippen MR) is 121 cm³/mol. The fourth-order valence-electron chi connectivity index (χ4n) is 3.47. The second kappa shape index (κ2) is 10.6. The van der Waals surface area contributed by atoms with Gasteiger partial charge < -0.3 is 19.2 Å². The van der Waals surface area contributed by atoms with Gasteiger partial charge in [-0.05, 0) is 35.9 Å². The lowest BCUT2D eigenvalue weighted by atomic mass is 10.2. The van der Waals surface area contributed by atoms with Gasteiger partial charge in [0.05, 0.1) is 12.7 Å². The molecule has 7 heteroatoms. The average Bonchev–Trinajstić information content (AvgIpc) is 3.26. The first-order valence-corrected chi connectivity index (χ1v) is 11.1. The van der Waals surface area contributed by atoms with Gasteiger partial charge in [0.2, 0.25) is 0 Å².